The SMILES string of the molecule is CCC(CCc1ccccc1F)N(CC)C(=O)c1ccc2c(c1)OCCO2. The molecule has 3 rings (SSSR count). The first-order valence-corrected chi connectivity index (χ1v) is 9.58. The van der Waals surface area contributed by atoms with E-state index in [9.17, 15) is 9.18 Å². The van der Waals surface area contributed by atoms with Crippen LogP contribution in [0.25, 0.3) is 0 Å². The van der Waals surface area contributed by atoms with E-state index in [4.69, 9.17) is 9.47 Å². The lowest BCUT2D eigenvalue weighted by molar-refractivity contribution is 0.0674. The first-order chi connectivity index (χ1) is 13.1. The molecule has 4 nitrogen and oxygen atoms in total. The molecule has 0 saturated carbocycles. The molecule has 1 heterocycles. The summed E-state index contributed by atoms with van der Waals surface area (Å²) < 4.78 is 25.0. The van der Waals surface area contributed by atoms with Crippen molar-refractivity contribution in [2.45, 2.75) is 39.2 Å². The van der Waals surface area contributed by atoms with Crippen molar-refractivity contribution in [2.24, 2.45) is 0 Å². The number of fused-ring (bicyclic) bond motifs is 1. The van der Waals surface area contributed by atoms with E-state index >= 15 is 0 Å². The number of hydrogen-bond donors (Lipinski definition) is 0. The molecule has 0 bridgehead atoms. The van der Waals surface area contributed by atoms with Crippen molar-refractivity contribution in [3.05, 3.63) is 59.4 Å². The predicted octanol–water partition coefficient (Wildman–Crippen LogP) is 4.47. The van der Waals surface area contributed by atoms with Gasteiger partial charge in [0.2, 0.25) is 0 Å². The van der Waals surface area contributed by atoms with Gasteiger partial charge in [0.1, 0.15) is 19.0 Å². The monoisotopic (exact) mass is 371 g/mol. The Balaban J connectivity index is 1.73. The van der Waals surface area contributed by atoms with Crippen LogP contribution in [0.4, 0.5) is 4.39 Å². The minimum Gasteiger partial charge on any atom is -0.486 e. The Morgan fingerprint density at radius 2 is 1.85 bits per heavy atom. The zero-order valence-corrected chi connectivity index (χ0v) is 15.9. The summed E-state index contributed by atoms with van der Waals surface area (Å²) in [5.74, 6) is 1.07. The van der Waals surface area contributed by atoms with Gasteiger partial charge in [0.15, 0.2) is 11.5 Å². The van der Waals surface area contributed by atoms with Crippen LogP contribution in [-0.2, 0) is 6.42 Å². The molecule has 144 valence electrons. The van der Waals surface area contributed by atoms with Gasteiger partial charge in [-0.05, 0) is 56.0 Å². The lowest BCUT2D eigenvalue weighted by Crippen LogP contribution is -2.40. The van der Waals surface area contributed by atoms with Crippen molar-refractivity contribution >= 4 is 5.91 Å². The van der Waals surface area contributed by atoms with E-state index in [2.05, 4.69) is 6.92 Å². The molecule has 1 amide bonds. The molecular weight excluding hydrogens is 345 g/mol. The number of nitrogens with zero attached hydrogens (tertiary/aromatic N) is 1. The normalized spacial score (nSPS) is 13.9. The van der Waals surface area contributed by atoms with Crippen LogP contribution in [0.3, 0.4) is 0 Å². The van der Waals surface area contributed by atoms with Crippen LogP contribution in [0, 0.1) is 5.82 Å². The molecule has 0 aliphatic carbocycles. The topological polar surface area (TPSA) is 38.8 Å². The van der Waals surface area contributed by atoms with Gasteiger partial charge < -0.3 is 14.4 Å². The lowest BCUT2D eigenvalue weighted by Gasteiger charge is -2.31. The maximum atomic E-state index is 13.9. The molecule has 0 saturated heterocycles. The molecule has 1 unspecified atom stereocenters. The van der Waals surface area contributed by atoms with Crippen LogP contribution in [0.2, 0.25) is 0 Å². The quantitative estimate of drug-likeness (QED) is 0.721. The third-order valence-electron chi connectivity index (χ3n) is 5.01. The highest BCUT2D eigenvalue weighted by atomic mass is 19.1. The molecule has 5 heteroatoms. The fourth-order valence-corrected chi connectivity index (χ4v) is 3.51. The third kappa shape index (κ3) is 4.41. The van der Waals surface area contributed by atoms with E-state index < -0.39 is 0 Å². The predicted molar refractivity (Wildman–Crippen MR) is 103 cm³/mol. The molecular formula is C22H26FNO3. The number of halogens is 1. The molecule has 27 heavy (non-hydrogen) atoms. The van der Waals surface area contributed by atoms with Crippen LogP contribution < -0.4 is 9.47 Å². The first kappa shape index (κ1) is 19.2. The fraction of sp³-hybridized carbons (Fsp3) is 0.409. The fourth-order valence-electron chi connectivity index (χ4n) is 3.51. The molecule has 0 N–H and O–H groups in total. The highest BCUT2D eigenvalue weighted by molar-refractivity contribution is 5.95. The van der Waals surface area contributed by atoms with Crippen LogP contribution in [0.5, 0.6) is 11.5 Å². The average molecular weight is 371 g/mol. The maximum absolute atomic E-state index is 13.9. The van der Waals surface area contributed by atoms with Gasteiger partial charge in [0, 0.05) is 18.2 Å². The number of hydrogen-bond acceptors (Lipinski definition) is 3. The zero-order valence-electron chi connectivity index (χ0n) is 15.9. The minimum atomic E-state index is -0.187. The summed E-state index contributed by atoms with van der Waals surface area (Å²) in [7, 11) is 0. The van der Waals surface area contributed by atoms with E-state index in [-0.39, 0.29) is 17.8 Å². The standard InChI is InChI=1S/C22H26FNO3/c1-3-18(11-9-16-7-5-6-8-19(16)23)24(4-2)22(25)17-10-12-20-21(15-17)27-14-13-26-20/h5-8,10,12,15,18H,3-4,9,11,13-14H2,1-2H3. The highest BCUT2D eigenvalue weighted by Crippen LogP contribution is 2.31. The van der Waals surface area contributed by atoms with Crippen molar-refractivity contribution < 1.29 is 18.7 Å². The number of carbonyl (C=O) groups is 1. The molecule has 1 aliphatic heterocycles. The molecule has 0 fully saturated rings. The Morgan fingerprint density at radius 3 is 2.56 bits per heavy atom. The largest absolute Gasteiger partial charge is 0.486 e. The van der Waals surface area contributed by atoms with Crippen molar-refractivity contribution in [3.63, 3.8) is 0 Å². The summed E-state index contributed by atoms with van der Waals surface area (Å²) in [5.41, 5.74) is 1.28. The van der Waals surface area contributed by atoms with Crippen molar-refractivity contribution in [1.82, 2.24) is 4.90 Å². The van der Waals surface area contributed by atoms with E-state index in [0.29, 0.717) is 48.8 Å². The molecule has 2 aromatic carbocycles. The summed E-state index contributed by atoms with van der Waals surface area (Å²) >= 11 is 0. The van der Waals surface area contributed by atoms with Crippen LogP contribution >= 0.6 is 0 Å². The Morgan fingerprint density at radius 1 is 1.11 bits per heavy atom. The van der Waals surface area contributed by atoms with E-state index in [0.717, 1.165) is 12.8 Å². The lowest BCUT2D eigenvalue weighted by atomic mass is 10.0. The smallest absolute Gasteiger partial charge is 0.254 e. The summed E-state index contributed by atoms with van der Waals surface area (Å²) in [6, 6.07) is 12.2. The summed E-state index contributed by atoms with van der Waals surface area (Å²) in [6.07, 6.45) is 2.15. The van der Waals surface area contributed by atoms with Crippen LogP contribution in [0.15, 0.2) is 42.5 Å². The second-order valence-electron chi connectivity index (χ2n) is 6.64. The molecule has 0 spiro atoms. The number of ether oxygens (including phenoxy) is 2. The number of aryl methyl sites for hydroxylation is 1. The van der Waals surface area contributed by atoms with Gasteiger partial charge in [-0.1, -0.05) is 25.1 Å². The van der Waals surface area contributed by atoms with E-state index in [1.807, 2.05) is 17.9 Å². The second-order valence-corrected chi connectivity index (χ2v) is 6.64. The zero-order chi connectivity index (χ0) is 19.2. The molecule has 0 radical (unpaired) electrons. The number of benzene rings is 2. The van der Waals surface area contributed by atoms with Crippen molar-refractivity contribution in [1.29, 1.82) is 0 Å². The Hall–Kier alpha value is -2.56. The van der Waals surface area contributed by atoms with Gasteiger partial charge in [0.05, 0.1) is 0 Å². The maximum Gasteiger partial charge on any atom is 0.254 e. The Labute approximate surface area is 159 Å². The summed E-state index contributed by atoms with van der Waals surface area (Å²) in [6.45, 7) is 5.65. The van der Waals surface area contributed by atoms with Crippen molar-refractivity contribution in [2.75, 3.05) is 19.8 Å². The molecule has 1 atom stereocenters. The van der Waals surface area contributed by atoms with Crippen LogP contribution in [0.1, 0.15) is 42.6 Å². The second kappa shape index (κ2) is 8.89. The number of amides is 1. The number of carbonyl (C=O) groups excluding carboxylic acids is 1. The van der Waals surface area contributed by atoms with Gasteiger partial charge in [-0.25, -0.2) is 4.39 Å². The van der Waals surface area contributed by atoms with Gasteiger partial charge >= 0.3 is 0 Å². The van der Waals surface area contributed by atoms with Gasteiger partial charge in [-0.3, -0.25) is 4.79 Å². The Bertz CT molecular complexity index is 793. The molecule has 2 aromatic rings. The van der Waals surface area contributed by atoms with E-state index in [1.54, 1.807) is 30.3 Å². The first-order valence-electron chi connectivity index (χ1n) is 9.58. The molecule has 0 aromatic heterocycles. The molecule has 1 aliphatic rings. The van der Waals surface area contributed by atoms with E-state index in [1.165, 1.54) is 6.07 Å². The van der Waals surface area contributed by atoms with Crippen molar-refractivity contribution in [3.8, 4) is 11.5 Å². The number of rotatable bonds is 7. The van der Waals surface area contributed by atoms with Gasteiger partial charge in [-0.2, -0.15) is 0 Å². The highest BCUT2D eigenvalue weighted by Gasteiger charge is 2.24. The third-order valence-corrected chi connectivity index (χ3v) is 5.01. The van der Waals surface area contributed by atoms with Gasteiger partial charge in [0.25, 0.3) is 5.91 Å². The van der Waals surface area contributed by atoms with Crippen LogP contribution in [-0.4, -0.2) is 36.6 Å². The average Bonchev–Trinajstić information content (AvgIpc) is 2.71. The minimum absolute atomic E-state index is 0.0325. The summed E-state index contributed by atoms with van der Waals surface area (Å²) in [5, 5.41) is 0. The Kier molecular flexibility index (Phi) is 6.32. The summed E-state index contributed by atoms with van der Waals surface area (Å²) in [4.78, 5) is 15.0. The van der Waals surface area contributed by atoms with Gasteiger partial charge in [-0.15, -0.1) is 0 Å².